The molecule has 1 rings (SSSR count). The highest BCUT2D eigenvalue weighted by molar-refractivity contribution is 14.0. The van der Waals surface area contributed by atoms with E-state index in [0.717, 1.165) is 12.2 Å². The Kier molecular flexibility index (Phi) is 12.0. The van der Waals surface area contributed by atoms with Crippen LogP contribution in [0.25, 0.3) is 0 Å². The van der Waals surface area contributed by atoms with Gasteiger partial charge < -0.3 is 20.3 Å². The van der Waals surface area contributed by atoms with Crippen LogP contribution in [0.15, 0.2) is 35.3 Å². The Hall–Kier alpha value is -1.51. The molecule has 0 spiro atoms. The second kappa shape index (κ2) is 12.9. The number of ether oxygens (including phenoxy) is 1. The first kappa shape index (κ1) is 22.5. The van der Waals surface area contributed by atoms with Crippen molar-refractivity contribution in [3.63, 3.8) is 0 Å². The Morgan fingerprint density at radius 2 is 1.96 bits per heavy atom. The Balaban J connectivity index is 0.00000529. The molecule has 0 saturated carbocycles. The van der Waals surface area contributed by atoms with Crippen LogP contribution in [0.3, 0.4) is 0 Å². The van der Waals surface area contributed by atoms with E-state index in [4.69, 9.17) is 4.74 Å². The third-order valence-electron chi connectivity index (χ3n) is 3.27. The third-order valence-corrected chi connectivity index (χ3v) is 3.27. The number of nitrogens with zero attached hydrogens (tertiary/aromatic N) is 2. The second-order valence-corrected chi connectivity index (χ2v) is 5.49. The number of para-hydroxylation sites is 1. The molecule has 1 aromatic carbocycles. The zero-order valence-corrected chi connectivity index (χ0v) is 17.2. The molecule has 0 radical (unpaired) electrons. The average Bonchev–Trinajstić information content (AvgIpc) is 2.56. The van der Waals surface area contributed by atoms with Crippen molar-refractivity contribution < 1.29 is 9.53 Å². The molecule has 7 heteroatoms. The number of carbonyl (C=O) groups excluding carboxylic acids is 1. The van der Waals surface area contributed by atoms with Crippen LogP contribution in [0.1, 0.15) is 20.3 Å². The number of nitrogens with one attached hydrogen (secondary N) is 2. The number of carbonyl (C=O) groups is 1. The van der Waals surface area contributed by atoms with Gasteiger partial charge in [0.05, 0.1) is 6.54 Å². The van der Waals surface area contributed by atoms with Crippen molar-refractivity contribution >= 4 is 35.8 Å². The van der Waals surface area contributed by atoms with E-state index in [1.807, 2.05) is 30.3 Å². The third kappa shape index (κ3) is 9.59. The lowest BCUT2D eigenvalue weighted by Gasteiger charge is -2.17. The maximum atomic E-state index is 11.7. The summed E-state index contributed by atoms with van der Waals surface area (Å²) in [6.07, 6.45) is 0.975. The first-order valence-electron chi connectivity index (χ1n) is 7.95. The number of benzene rings is 1. The van der Waals surface area contributed by atoms with Crippen molar-refractivity contribution in [2.75, 3.05) is 33.8 Å². The minimum atomic E-state index is -0.0317. The van der Waals surface area contributed by atoms with Crippen molar-refractivity contribution in [1.82, 2.24) is 15.5 Å². The zero-order valence-electron chi connectivity index (χ0n) is 14.9. The van der Waals surface area contributed by atoms with Gasteiger partial charge in [0, 0.05) is 20.1 Å². The summed E-state index contributed by atoms with van der Waals surface area (Å²) < 4.78 is 5.63. The highest BCUT2D eigenvalue weighted by atomic mass is 127. The van der Waals surface area contributed by atoms with Crippen molar-refractivity contribution in [2.24, 2.45) is 4.99 Å². The van der Waals surface area contributed by atoms with Crippen LogP contribution in [0.2, 0.25) is 0 Å². The van der Waals surface area contributed by atoms with E-state index in [0.29, 0.717) is 19.1 Å². The number of halogens is 1. The molecule has 2 N–H and O–H groups in total. The summed E-state index contributed by atoms with van der Waals surface area (Å²) in [6.45, 7) is 5.42. The molecule has 6 nitrogen and oxygen atoms in total. The molecule has 0 heterocycles. The lowest BCUT2D eigenvalue weighted by molar-refractivity contribution is -0.127. The molecule has 1 atom stereocenters. The second-order valence-electron chi connectivity index (χ2n) is 5.49. The molecule has 1 amide bonds. The van der Waals surface area contributed by atoms with Crippen LogP contribution >= 0.6 is 24.0 Å². The maximum absolute atomic E-state index is 11.7. The van der Waals surface area contributed by atoms with Crippen LogP contribution in [0.4, 0.5) is 0 Å². The van der Waals surface area contributed by atoms with Crippen LogP contribution in [0, 0.1) is 0 Å². The molecule has 0 aromatic heterocycles. The van der Waals surface area contributed by atoms with Crippen LogP contribution in [-0.2, 0) is 4.79 Å². The van der Waals surface area contributed by atoms with Gasteiger partial charge in [-0.25, -0.2) is 4.99 Å². The summed E-state index contributed by atoms with van der Waals surface area (Å²) in [7, 11) is 3.45. The lowest BCUT2D eigenvalue weighted by Crippen LogP contribution is -2.44. The van der Waals surface area contributed by atoms with E-state index in [1.54, 1.807) is 14.1 Å². The highest BCUT2D eigenvalue weighted by Crippen LogP contribution is 2.07. The van der Waals surface area contributed by atoms with Gasteiger partial charge in [0.2, 0.25) is 5.91 Å². The van der Waals surface area contributed by atoms with Crippen molar-refractivity contribution in [2.45, 2.75) is 26.3 Å². The van der Waals surface area contributed by atoms with Gasteiger partial charge in [-0.1, -0.05) is 25.1 Å². The summed E-state index contributed by atoms with van der Waals surface area (Å²) in [5.41, 5.74) is 0. The molecule has 0 aliphatic rings. The molecule has 1 aromatic rings. The van der Waals surface area contributed by atoms with Gasteiger partial charge in [0.1, 0.15) is 18.9 Å². The van der Waals surface area contributed by atoms with Gasteiger partial charge in [-0.2, -0.15) is 0 Å². The molecular formula is C17H29IN4O2. The molecular weight excluding hydrogens is 419 g/mol. The summed E-state index contributed by atoms with van der Waals surface area (Å²) in [5.74, 6) is 1.44. The summed E-state index contributed by atoms with van der Waals surface area (Å²) in [5, 5.41) is 6.46. The fraction of sp³-hybridized carbons (Fsp3) is 0.529. The van der Waals surface area contributed by atoms with Crippen LogP contribution < -0.4 is 15.4 Å². The first-order chi connectivity index (χ1) is 11.0. The average molecular weight is 448 g/mol. The summed E-state index contributed by atoms with van der Waals surface area (Å²) in [6, 6.07) is 9.95. The Morgan fingerprint density at radius 1 is 1.29 bits per heavy atom. The van der Waals surface area contributed by atoms with E-state index in [2.05, 4.69) is 29.5 Å². The first-order valence-corrected chi connectivity index (χ1v) is 7.95. The highest BCUT2D eigenvalue weighted by Gasteiger charge is 2.06. The van der Waals surface area contributed by atoms with Gasteiger partial charge in [0.25, 0.3) is 0 Å². The predicted octanol–water partition coefficient (Wildman–Crippen LogP) is 2.11. The molecule has 0 fully saturated rings. The van der Waals surface area contributed by atoms with Gasteiger partial charge in [-0.15, -0.1) is 24.0 Å². The van der Waals surface area contributed by atoms with Gasteiger partial charge in [-0.05, 0) is 25.5 Å². The minimum absolute atomic E-state index is 0. The summed E-state index contributed by atoms with van der Waals surface area (Å²) in [4.78, 5) is 17.5. The van der Waals surface area contributed by atoms with Crippen molar-refractivity contribution in [3.05, 3.63) is 30.3 Å². The Morgan fingerprint density at radius 3 is 2.54 bits per heavy atom. The van der Waals surface area contributed by atoms with Gasteiger partial charge in [-0.3, -0.25) is 4.79 Å². The quantitative estimate of drug-likeness (QED) is 0.277. The molecule has 0 bridgehead atoms. The van der Waals surface area contributed by atoms with E-state index < -0.39 is 0 Å². The molecule has 0 aliphatic carbocycles. The molecule has 0 saturated heterocycles. The normalized spacial score (nSPS) is 11.9. The minimum Gasteiger partial charge on any atom is -0.492 e. The number of guanidine groups is 1. The Labute approximate surface area is 162 Å². The smallest absolute Gasteiger partial charge is 0.243 e. The van der Waals surface area contributed by atoms with E-state index in [1.165, 1.54) is 4.90 Å². The number of amides is 1. The van der Waals surface area contributed by atoms with Crippen molar-refractivity contribution in [1.29, 1.82) is 0 Å². The predicted molar refractivity (Wildman–Crippen MR) is 109 cm³/mol. The van der Waals surface area contributed by atoms with E-state index >= 15 is 0 Å². The number of aliphatic imine (C=N–C) groups is 1. The molecule has 1 unspecified atom stereocenters. The fourth-order valence-corrected chi connectivity index (χ4v) is 1.63. The monoisotopic (exact) mass is 448 g/mol. The van der Waals surface area contributed by atoms with Gasteiger partial charge in [0.15, 0.2) is 5.96 Å². The van der Waals surface area contributed by atoms with E-state index in [9.17, 15) is 4.79 Å². The van der Waals surface area contributed by atoms with Crippen LogP contribution in [0.5, 0.6) is 5.75 Å². The summed E-state index contributed by atoms with van der Waals surface area (Å²) >= 11 is 0. The lowest BCUT2D eigenvalue weighted by atomic mass is 10.3. The number of rotatable bonds is 8. The zero-order chi connectivity index (χ0) is 17.1. The molecule has 24 heavy (non-hydrogen) atoms. The maximum Gasteiger partial charge on any atom is 0.243 e. The molecule has 0 aliphatic heterocycles. The van der Waals surface area contributed by atoms with Gasteiger partial charge >= 0.3 is 0 Å². The SMILES string of the molecule is CCC(C)NC(=NCC(=O)N(C)C)NCCOc1ccccc1.I. The largest absolute Gasteiger partial charge is 0.492 e. The Bertz CT molecular complexity index is 495. The fourth-order valence-electron chi connectivity index (χ4n) is 1.63. The van der Waals surface area contributed by atoms with E-state index in [-0.39, 0.29) is 42.5 Å². The van der Waals surface area contributed by atoms with Crippen LogP contribution in [-0.4, -0.2) is 56.6 Å². The number of hydrogen-bond acceptors (Lipinski definition) is 3. The number of likely N-dealkylation sites (N-methyl/N-ethyl adjacent to an activating group) is 1. The standard InChI is InChI=1S/C17H28N4O2.HI/c1-5-14(2)20-17(19-13-16(22)21(3)4)18-11-12-23-15-9-7-6-8-10-15;/h6-10,14H,5,11-13H2,1-4H3,(H2,18,19,20);1H. The molecule has 136 valence electrons. The number of hydrogen-bond donors (Lipinski definition) is 2. The van der Waals surface area contributed by atoms with Crippen molar-refractivity contribution in [3.8, 4) is 5.75 Å². The topological polar surface area (TPSA) is 66.0 Å².